The number of unbranched alkanes of at least 4 members (excludes halogenated alkanes) is 38. The molecule has 8 nitrogen and oxygen atoms in total. The summed E-state index contributed by atoms with van der Waals surface area (Å²) in [5, 5.41) is 0. The molecule has 0 aliphatic carbocycles. The van der Waals surface area contributed by atoms with Gasteiger partial charge in [0.2, 0.25) is 0 Å². The quantitative estimate of drug-likeness (QED) is 0.0353. The molecule has 0 aliphatic rings. The largest absolute Gasteiger partial charge is 0.469 e. The molecule has 0 heterocycles. The van der Waals surface area contributed by atoms with Crippen molar-refractivity contribution in [2.24, 2.45) is 0 Å². The van der Waals surface area contributed by atoms with Gasteiger partial charge in [-0.25, -0.2) is 4.57 Å². The van der Waals surface area contributed by atoms with Crippen LogP contribution in [0.25, 0.3) is 0 Å². The normalized spacial score (nSPS) is 12.3. The molecule has 346 valence electrons. The van der Waals surface area contributed by atoms with Crippen molar-refractivity contribution < 1.29 is 37.9 Å². The first kappa shape index (κ1) is 57.1. The van der Waals surface area contributed by atoms with Gasteiger partial charge in [0.1, 0.15) is 6.61 Å². The smallest absolute Gasteiger partial charge is 0.462 e. The third-order valence-electron chi connectivity index (χ3n) is 11.6. The van der Waals surface area contributed by atoms with Gasteiger partial charge in [-0.1, -0.05) is 258 Å². The van der Waals surface area contributed by atoms with Crippen LogP contribution in [0, 0.1) is 0 Å². The molecule has 0 aromatic carbocycles. The zero-order valence-electron chi connectivity index (χ0n) is 38.5. The lowest BCUT2D eigenvalue weighted by Crippen LogP contribution is -2.29. The lowest BCUT2D eigenvalue weighted by Gasteiger charge is -2.18. The molecule has 0 bridgehead atoms. The zero-order chi connectivity index (χ0) is 42.5. The Balaban J connectivity index is 3.75. The fraction of sp³-hybridized carbons (Fsp3) is 0.959. The van der Waals surface area contributed by atoms with Crippen LogP contribution in [0.15, 0.2) is 0 Å². The number of phosphoric ester groups is 1. The zero-order valence-corrected chi connectivity index (χ0v) is 39.4. The van der Waals surface area contributed by atoms with Gasteiger partial charge < -0.3 is 19.3 Å². The predicted molar refractivity (Wildman–Crippen MR) is 244 cm³/mol. The second-order valence-electron chi connectivity index (χ2n) is 17.5. The average Bonchev–Trinajstić information content (AvgIpc) is 3.20. The van der Waals surface area contributed by atoms with Gasteiger partial charge in [0.15, 0.2) is 6.10 Å². The monoisotopic (exact) mass is 845 g/mol. The van der Waals surface area contributed by atoms with E-state index in [-0.39, 0.29) is 19.4 Å². The van der Waals surface area contributed by atoms with E-state index in [0.717, 1.165) is 32.1 Å². The summed E-state index contributed by atoms with van der Waals surface area (Å²) in [5.41, 5.74) is 0. The Morgan fingerprint density at radius 1 is 0.379 bits per heavy atom. The number of carbonyl (C=O) groups excluding carboxylic acids is 2. The maximum Gasteiger partial charge on any atom is 0.469 e. The second kappa shape index (κ2) is 45.6. The third-order valence-corrected chi connectivity index (χ3v) is 12.1. The number of phosphoric acid groups is 1. The van der Waals surface area contributed by atoms with Crippen molar-refractivity contribution in [2.75, 3.05) is 13.2 Å². The molecule has 0 aliphatic heterocycles. The minimum Gasteiger partial charge on any atom is -0.462 e. The van der Waals surface area contributed by atoms with Crippen molar-refractivity contribution in [1.82, 2.24) is 0 Å². The first-order valence-corrected chi connectivity index (χ1v) is 26.9. The molecule has 2 N–H and O–H groups in total. The molecule has 0 fully saturated rings. The number of rotatable bonds is 48. The van der Waals surface area contributed by atoms with E-state index in [9.17, 15) is 14.2 Å². The van der Waals surface area contributed by atoms with Crippen molar-refractivity contribution in [3.63, 3.8) is 0 Å². The molecule has 9 heteroatoms. The topological polar surface area (TPSA) is 119 Å². The first-order valence-electron chi connectivity index (χ1n) is 25.3. The minimum absolute atomic E-state index is 0.221. The Hall–Kier alpha value is -0.950. The summed E-state index contributed by atoms with van der Waals surface area (Å²) >= 11 is 0. The van der Waals surface area contributed by atoms with E-state index >= 15 is 0 Å². The molecule has 1 atom stereocenters. The van der Waals surface area contributed by atoms with E-state index in [0.29, 0.717) is 6.42 Å². The van der Waals surface area contributed by atoms with E-state index in [4.69, 9.17) is 19.3 Å². The van der Waals surface area contributed by atoms with Gasteiger partial charge in [-0.3, -0.25) is 14.1 Å². The summed E-state index contributed by atoms with van der Waals surface area (Å²) in [7, 11) is -4.75. The van der Waals surface area contributed by atoms with Crippen LogP contribution in [0.4, 0.5) is 0 Å². The van der Waals surface area contributed by atoms with Gasteiger partial charge in [0.25, 0.3) is 0 Å². The van der Waals surface area contributed by atoms with Crippen molar-refractivity contribution >= 4 is 19.8 Å². The van der Waals surface area contributed by atoms with Crippen LogP contribution < -0.4 is 0 Å². The standard InChI is InChI=1S/C49H97O8P/c1-3-5-7-9-11-13-15-17-19-21-22-23-24-25-26-28-30-32-34-36-38-40-42-44-49(51)57-47(46-56-58(52,53)54)45-55-48(50)43-41-39-37-35-33-31-29-27-20-18-16-14-12-10-8-6-4-2/h47H,3-46H2,1-2H3,(H2,52,53,54). The van der Waals surface area contributed by atoms with Gasteiger partial charge in [-0.2, -0.15) is 0 Å². The van der Waals surface area contributed by atoms with Crippen LogP contribution in [0.5, 0.6) is 0 Å². The van der Waals surface area contributed by atoms with Gasteiger partial charge in [-0.05, 0) is 12.8 Å². The lowest BCUT2D eigenvalue weighted by molar-refractivity contribution is -0.161. The SMILES string of the molecule is CCCCCCCCCCCCCCCCCCCCCCCCCC(=O)OC(COC(=O)CCCCCCCCCCCCCCCCCCC)COP(=O)(O)O. The van der Waals surface area contributed by atoms with Gasteiger partial charge in [0.05, 0.1) is 6.61 Å². The maximum atomic E-state index is 12.5. The molecule has 0 rings (SSSR count). The summed E-state index contributed by atoms with van der Waals surface area (Å²) in [6, 6.07) is 0. The summed E-state index contributed by atoms with van der Waals surface area (Å²) in [6.07, 6.45) is 51.2. The van der Waals surface area contributed by atoms with Gasteiger partial charge >= 0.3 is 19.8 Å². The van der Waals surface area contributed by atoms with E-state index < -0.39 is 32.5 Å². The highest BCUT2D eigenvalue weighted by molar-refractivity contribution is 7.46. The van der Waals surface area contributed by atoms with Crippen molar-refractivity contribution in [1.29, 1.82) is 0 Å². The molecular weight excluding hydrogens is 748 g/mol. The second-order valence-corrected chi connectivity index (χ2v) is 18.8. The van der Waals surface area contributed by atoms with E-state index in [1.807, 2.05) is 0 Å². The highest BCUT2D eigenvalue weighted by Gasteiger charge is 2.23. The van der Waals surface area contributed by atoms with E-state index in [1.54, 1.807) is 0 Å². The van der Waals surface area contributed by atoms with Gasteiger partial charge in [-0.15, -0.1) is 0 Å². The number of ether oxygens (including phenoxy) is 2. The fourth-order valence-electron chi connectivity index (χ4n) is 7.85. The highest BCUT2D eigenvalue weighted by atomic mass is 31.2. The summed E-state index contributed by atoms with van der Waals surface area (Å²) < 4.78 is 26.5. The number of hydrogen-bond acceptors (Lipinski definition) is 6. The summed E-state index contributed by atoms with van der Waals surface area (Å²) in [4.78, 5) is 43.1. The maximum absolute atomic E-state index is 12.5. The summed E-state index contributed by atoms with van der Waals surface area (Å²) in [5.74, 6) is -0.861. The molecular formula is C49H97O8P. The molecule has 0 amide bonds. The minimum atomic E-state index is -4.75. The van der Waals surface area contributed by atoms with E-state index in [2.05, 4.69) is 18.4 Å². The average molecular weight is 845 g/mol. The Kier molecular flexibility index (Phi) is 44.8. The van der Waals surface area contributed by atoms with Crippen LogP contribution >= 0.6 is 7.82 Å². The van der Waals surface area contributed by atoms with Crippen LogP contribution in [-0.4, -0.2) is 41.0 Å². The third kappa shape index (κ3) is 47.7. The van der Waals surface area contributed by atoms with Crippen LogP contribution in [0.2, 0.25) is 0 Å². The Morgan fingerprint density at radius 3 is 0.879 bits per heavy atom. The Bertz CT molecular complexity index is 909. The van der Waals surface area contributed by atoms with Crippen LogP contribution in [0.1, 0.15) is 284 Å². The molecule has 0 radical (unpaired) electrons. The highest BCUT2D eigenvalue weighted by Crippen LogP contribution is 2.36. The predicted octanol–water partition coefficient (Wildman–Crippen LogP) is 16.0. The van der Waals surface area contributed by atoms with Crippen molar-refractivity contribution in [2.45, 2.75) is 290 Å². The summed E-state index contributed by atoms with van der Waals surface area (Å²) in [6.45, 7) is 3.75. The Morgan fingerprint density at radius 2 is 0.621 bits per heavy atom. The Labute approximate surface area is 359 Å². The lowest BCUT2D eigenvalue weighted by atomic mass is 10.0. The molecule has 0 aromatic rings. The van der Waals surface area contributed by atoms with Crippen molar-refractivity contribution in [3.8, 4) is 0 Å². The molecule has 1 unspecified atom stereocenters. The molecule has 0 saturated carbocycles. The molecule has 0 aromatic heterocycles. The number of hydrogen-bond donors (Lipinski definition) is 2. The van der Waals surface area contributed by atoms with E-state index in [1.165, 1.54) is 218 Å². The molecule has 0 saturated heterocycles. The molecule has 58 heavy (non-hydrogen) atoms. The number of carbonyl (C=O) groups is 2. The fourth-order valence-corrected chi connectivity index (χ4v) is 8.21. The van der Waals surface area contributed by atoms with Crippen molar-refractivity contribution in [3.05, 3.63) is 0 Å². The van der Waals surface area contributed by atoms with Gasteiger partial charge in [0, 0.05) is 12.8 Å². The number of esters is 2. The van der Waals surface area contributed by atoms with Crippen LogP contribution in [-0.2, 0) is 28.2 Å². The molecule has 0 spiro atoms. The van der Waals surface area contributed by atoms with Crippen LogP contribution in [0.3, 0.4) is 0 Å². The first-order chi connectivity index (χ1) is 28.3.